The van der Waals surface area contributed by atoms with Gasteiger partial charge < -0.3 is 10.5 Å². The molecule has 0 unspecified atom stereocenters. The number of rotatable bonds is 9. The third-order valence-electron chi connectivity index (χ3n) is 3.13. The van der Waals surface area contributed by atoms with Crippen molar-refractivity contribution in [3.63, 3.8) is 0 Å². The maximum Gasteiger partial charge on any atom is 0.137 e. The average molecular weight is 260 g/mol. The first-order valence-electron chi connectivity index (χ1n) is 7.20. The number of nitrogens with zero attached hydrogens (tertiary/aromatic N) is 1. The zero-order valence-corrected chi connectivity index (χ0v) is 11.8. The standard InChI is InChI=1S/C16H24N2O/c1-2-3-4-5-6-7-8-11-19-16-10-9-15(18)12-14(16)13-17/h9-10,12H,2-8,11,18H2,1H3. The molecule has 0 aliphatic heterocycles. The van der Waals surface area contributed by atoms with Crippen LogP contribution in [0.5, 0.6) is 5.75 Å². The van der Waals surface area contributed by atoms with E-state index in [0.29, 0.717) is 23.6 Å². The molecule has 1 aromatic rings. The van der Waals surface area contributed by atoms with Gasteiger partial charge in [-0.25, -0.2) is 0 Å². The largest absolute Gasteiger partial charge is 0.492 e. The average Bonchev–Trinajstić information content (AvgIpc) is 2.43. The molecule has 0 saturated carbocycles. The fraction of sp³-hybridized carbons (Fsp3) is 0.562. The predicted octanol–water partition coefficient (Wildman–Crippen LogP) is 4.27. The molecule has 19 heavy (non-hydrogen) atoms. The molecule has 0 atom stereocenters. The van der Waals surface area contributed by atoms with Gasteiger partial charge in [-0.2, -0.15) is 5.26 Å². The molecule has 3 nitrogen and oxygen atoms in total. The van der Waals surface area contributed by atoms with Crippen LogP contribution in [0.3, 0.4) is 0 Å². The smallest absolute Gasteiger partial charge is 0.137 e. The monoisotopic (exact) mass is 260 g/mol. The van der Waals surface area contributed by atoms with E-state index in [9.17, 15) is 0 Å². The van der Waals surface area contributed by atoms with Gasteiger partial charge >= 0.3 is 0 Å². The van der Waals surface area contributed by atoms with Crippen molar-refractivity contribution in [1.29, 1.82) is 5.26 Å². The number of anilines is 1. The Morgan fingerprint density at radius 3 is 2.47 bits per heavy atom. The molecule has 0 amide bonds. The number of nitrogens with two attached hydrogens (primary N) is 1. The fourth-order valence-electron chi connectivity index (χ4n) is 2.00. The van der Waals surface area contributed by atoms with Crippen LogP contribution in [-0.2, 0) is 0 Å². The summed E-state index contributed by atoms with van der Waals surface area (Å²) in [5.74, 6) is 0.641. The van der Waals surface area contributed by atoms with Crippen LogP contribution in [0.4, 0.5) is 5.69 Å². The molecule has 0 radical (unpaired) electrons. The Morgan fingerprint density at radius 1 is 1.11 bits per heavy atom. The van der Waals surface area contributed by atoms with Crippen molar-refractivity contribution in [2.24, 2.45) is 0 Å². The van der Waals surface area contributed by atoms with E-state index < -0.39 is 0 Å². The van der Waals surface area contributed by atoms with E-state index >= 15 is 0 Å². The highest BCUT2D eigenvalue weighted by Gasteiger charge is 2.03. The summed E-state index contributed by atoms with van der Waals surface area (Å²) in [4.78, 5) is 0. The van der Waals surface area contributed by atoms with Crippen LogP contribution in [0.2, 0.25) is 0 Å². The number of nitrogen functional groups attached to an aromatic ring is 1. The Bertz CT molecular complexity index is 410. The number of unbranched alkanes of at least 4 members (excludes halogenated alkanes) is 6. The Labute approximate surface area is 116 Å². The minimum Gasteiger partial charge on any atom is -0.492 e. The third-order valence-corrected chi connectivity index (χ3v) is 3.13. The van der Waals surface area contributed by atoms with Crippen LogP contribution in [0, 0.1) is 11.3 Å². The molecule has 0 fully saturated rings. The second-order valence-electron chi connectivity index (χ2n) is 4.84. The second-order valence-corrected chi connectivity index (χ2v) is 4.84. The molecule has 0 aliphatic carbocycles. The molecule has 2 N–H and O–H groups in total. The summed E-state index contributed by atoms with van der Waals surface area (Å²) in [6.07, 6.45) is 8.80. The lowest BCUT2D eigenvalue weighted by atomic mass is 10.1. The Hall–Kier alpha value is -1.69. The molecule has 0 bridgehead atoms. The van der Waals surface area contributed by atoms with E-state index in [-0.39, 0.29) is 0 Å². The lowest BCUT2D eigenvalue weighted by molar-refractivity contribution is 0.303. The van der Waals surface area contributed by atoms with Crippen LogP contribution in [0.25, 0.3) is 0 Å². The lowest BCUT2D eigenvalue weighted by Crippen LogP contribution is -1.99. The maximum absolute atomic E-state index is 8.98. The van der Waals surface area contributed by atoms with Crippen molar-refractivity contribution in [2.45, 2.75) is 51.9 Å². The summed E-state index contributed by atoms with van der Waals surface area (Å²) < 4.78 is 5.63. The van der Waals surface area contributed by atoms with E-state index in [0.717, 1.165) is 6.42 Å². The molecule has 0 aliphatic rings. The van der Waals surface area contributed by atoms with Crippen molar-refractivity contribution in [1.82, 2.24) is 0 Å². The van der Waals surface area contributed by atoms with E-state index in [1.165, 1.54) is 38.5 Å². The van der Waals surface area contributed by atoms with Crippen LogP contribution in [0.15, 0.2) is 18.2 Å². The van der Waals surface area contributed by atoms with Crippen LogP contribution in [-0.4, -0.2) is 6.61 Å². The van der Waals surface area contributed by atoms with Gasteiger partial charge in [0.2, 0.25) is 0 Å². The minimum absolute atomic E-state index is 0.517. The van der Waals surface area contributed by atoms with Gasteiger partial charge in [0.25, 0.3) is 0 Å². The van der Waals surface area contributed by atoms with Gasteiger partial charge in [0.15, 0.2) is 0 Å². The number of benzene rings is 1. The first-order valence-corrected chi connectivity index (χ1v) is 7.20. The van der Waals surface area contributed by atoms with E-state index in [1.54, 1.807) is 18.2 Å². The summed E-state index contributed by atoms with van der Waals surface area (Å²) in [5.41, 5.74) is 6.74. The molecular formula is C16H24N2O. The summed E-state index contributed by atoms with van der Waals surface area (Å²) in [5, 5.41) is 8.98. The van der Waals surface area contributed by atoms with E-state index in [1.807, 2.05) is 0 Å². The van der Waals surface area contributed by atoms with Crippen molar-refractivity contribution < 1.29 is 4.74 Å². The summed E-state index contributed by atoms with van der Waals surface area (Å²) in [6.45, 7) is 2.90. The van der Waals surface area contributed by atoms with Crippen molar-refractivity contribution in [2.75, 3.05) is 12.3 Å². The molecule has 104 valence electrons. The van der Waals surface area contributed by atoms with E-state index in [4.69, 9.17) is 15.7 Å². The van der Waals surface area contributed by atoms with Gasteiger partial charge in [0.1, 0.15) is 11.8 Å². The molecule has 3 heteroatoms. The Morgan fingerprint density at radius 2 is 1.79 bits per heavy atom. The predicted molar refractivity (Wildman–Crippen MR) is 79.1 cm³/mol. The highest BCUT2D eigenvalue weighted by Crippen LogP contribution is 2.20. The van der Waals surface area contributed by atoms with E-state index in [2.05, 4.69) is 13.0 Å². The number of nitriles is 1. The molecule has 1 aromatic carbocycles. The van der Waals surface area contributed by atoms with Crippen LogP contribution < -0.4 is 10.5 Å². The zero-order chi connectivity index (χ0) is 13.9. The second kappa shape index (κ2) is 9.27. The molecule has 1 rings (SSSR count). The maximum atomic E-state index is 8.98. The van der Waals surface area contributed by atoms with Gasteiger partial charge in [-0.1, -0.05) is 45.4 Å². The third kappa shape index (κ3) is 6.15. The topological polar surface area (TPSA) is 59.0 Å². The van der Waals surface area contributed by atoms with Gasteiger partial charge in [0, 0.05) is 5.69 Å². The number of hydrogen-bond acceptors (Lipinski definition) is 3. The molecule has 0 saturated heterocycles. The zero-order valence-electron chi connectivity index (χ0n) is 11.8. The lowest BCUT2D eigenvalue weighted by Gasteiger charge is -2.08. The fourth-order valence-corrected chi connectivity index (χ4v) is 2.00. The van der Waals surface area contributed by atoms with Crippen LogP contribution in [0.1, 0.15) is 57.4 Å². The summed E-state index contributed by atoms with van der Waals surface area (Å²) in [6, 6.07) is 7.30. The quantitative estimate of drug-likeness (QED) is 0.533. The van der Waals surface area contributed by atoms with Crippen molar-refractivity contribution in [3.8, 4) is 11.8 Å². The SMILES string of the molecule is CCCCCCCCCOc1ccc(N)cc1C#N. The minimum atomic E-state index is 0.517. The summed E-state index contributed by atoms with van der Waals surface area (Å²) in [7, 11) is 0. The highest BCUT2D eigenvalue weighted by molar-refractivity contribution is 5.53. The normalized spacial score (nSPS) is 10.1. The van der Waals surface area contributed by atoms with Crippen LogP contribution >= 0.6 is 0 Å². The van der Waals surface area contributed by atoms with Crippen molar-refractivity contribution >= 4 is 5.69 Å². The number of hydrogen-bond donors (Lipinski definition) is 1. The highest BCUT2D eigenvalue weighted by atomic mass is 16.5. The van der Waals surface area contributed by atoms with Gasteiger partial charge in [0.05, 0.1) is 12.2 Å². The van der Waals surface area contributed by atoms with Gasteiger partial charge in [-0.15, -0.1) is 0 Å². The van der Waals surface area contributed by atoms with Crippen molar-refractivity contribution in [3.05, 3.63) is 23.8 Å². The molecule has 0 aromatic heterocycles. The molecule has 0 spiro atoms. The summed E-state index contributed by atoms with van der Waals surface area (Å²) >= 11 is 0. The Kier molecular flexibility index (Phi) is 7.50. The van der Waals surface area contributed by atoms with Gasteiger partial charge in [-0.3, -0.25) is 0 Å². The molecular weight excluding hydrogens is 236 g/mol. The first-order chi connectivity index (χ1) is 9.27. The number of ether oxygens (including phenoxy) is 1. The van der Waals surface area contributed by atoms with Gasteiger partial charge in [-0.05, 0) is 24.6 Å². The Balaban J connectivity index is 2.18. The first kappa shape index (κ1) is 15.4. The molecule has 0 heterocycles.